The van der Waals surface area contributed by atoms with E-state index in [0.29, 0.717) is 13.2 Å². The van der Waals surface area contributed by atoms with Crippen LogP contribution in [0.25, 0.3) is 0 Å². The van der Waals surface area contributed by atoms with E-state index in [-0.39, 0.29) is 18.1 Å². The number of aliphatic hydroxyl groups excluding tert-OH is 1. The molecule has 22 heavy (non-hydrogen) atoms. The third-order valence-electron chi connectivity index (χ3n) is 3.61. The van der Waals surface area contributed by atoms with E-state index in [9.17, 15) is 9.90 Å². The van der Waals surface area contributed by atoms with E-state index in [1.54, 1.807) is 0 Å². The second-order valence-electron chi connectivity index (χ2n) is 5.50. The highest BCUT2D eigenvalue weighted by molar-refractivity contribution is 5.81. The molecule has 0 aliphatic heterocycles. The molecule has 0 bridgehead atoms. The highest BCUT2D eigenvalue weighted by atomic mass is 16.5. The number of rotatable bonds is 8. The SMILES string of the molecule is C[C@@H](COCc1ccccc1)C(=O)C[C@@H](O)c1ccccc1. The fraction of sp³-hybridized carbons (Fsp3) is 0.316. The van der Waals surface area contributed by atoms with Crippen molar-refractivity contribution in [3.8, 4) is 0 Å². The van der Waals surface area contributed by atoms with Crippen LogP contribution in [0, 0.1) is 5.92 Å². The first kappa shape index (κ1) is 16.4. The van der Waals surface area contributed by atoms with Gasteiger partial charge >= 0.3 is 0 Å². The molecule has 3 heteroatoms. The second kappa shape index (κ2) is 8.47. The van der Waals surface area contributed by atoms with Crippen LogP contribution >= 0.6 is 0 Å². The number of ketones is 1. The summed E-state index contributed by atoms with van der Waals surface area (Å²) < 4.78 is 5.59. The third kappa shape index (κ3) is 5.10. The molecule has 0 aromatic heterocycles. The topological polar surface area (TPSA) is 46.5 Å². The van der Waals surface area contributed by atoms with Crippen LogP contribution in [0.5, 0.6) is 0 Å². The molecule has 0 saturated heterocycles. The molecule has 2 atom stereocenters. The van der Waals surface area contributed by atoms with Crippen molar-refractivity contribution < 1.29 is 14.6 Å². The monoisotopic (exact) mass is 298 g/mol. The van der Waals surface area contributed by atoms with E-state index in [1.807, 2.05) is 67.6 Å². The Morgan fingerprint density at radius 2 is 1.64 bits per heavy atom. The Morgan fingerprint density at radius 1 is 1.05 bits per heavy atom. The molecule has 0 aliphatic rings. The van der Waals surface area contributed by atoms with E-state index in [4.69, 9.17) is 4.74 Å². The van der Waals surface area contributed by atoms with Crippen molar-refractivity contribution in [2.45, 2.75) is 26.1 Å². The molecule has 116 valence electrons. The van der Waals surface area contributed by atoms with Crippen LogP contribution in [0.15, 0.2) is 60.7 Å². The first-order valence-electron chi connectivity index (χ1n) is 7.54. The van der Waals surface area contributed by atoms with E-state index < -0.39 is 6.10 Å². The number of benzene rings is 2. The first-order chi connectivity index (χ1) is 10.7. The third-order valence-corrected chi connectivity index (χ3v) is 3.61. The highest BCUT2D eigenvalue weighted by Crippen LogP contribution is 2.18. The van der Waals surface area contributed by atoms with Gasteiger partial charge < -0.3 is 9.84 Å². The zero-order chi connectivity index (χ0) is 15.8. The molecule has 2 aromatic rings. The Bertz CT molecular complexity index is 566. The van der Waals surface area contributed by atoms with Crippen molar-refractivity contribution in [1.82, 2.24) is 0 Å². The summed E-state index contributed by atoms with van der Waals surface area (Å²) in [4.78, 5) is 12.1. The second-order valence-corrected chi connectivity index (χ2v) is 5.50. The summed E-state index contributed by atoms with van der Waals surface area (Å²) in [5.41, 5.74) is 1.86. The van der Waals surface area contributed by atoms with Crippen molar-refractivity contribution in [1.29, 1.82) is 0 Å². The molecule has 0 aliphatic carbocycles. The lowest BCUT2D eigenvalue weighted by Gasteiger charge is -2.15. The molecule has 0 spiro atoms. The van der Waals surface area contributed by atoms with E-state index >= 15 is 0 Å². The Morgan fingerprint density at radius 3 is 2.27 bits per heavy atom. The van der Waals surface area contributed by atoms with Gasteiger partial charge in [0, 0.05) is 12.3 Å². The zero-order valence-electron chi connectivity index (χ0n) is 12.8. The van der Waals surface area contributed by atoms with Gasteiger partial charge in [0.15, 0.2) is 0 Å². The molecule has 0 heterocycles. The molecule has 1 N–H and O–H groups in total. The van der Waals surface area contributed by atoms with Crippen LogP contribution in [-0.2, 0) is 16.1 Å². The van der Waals surface area contributed by atoms with Crippen LogP contribution in [0.2, 0.25) is 0 Å². The van der Waals surface area contributed by atoms with Crippen molar-refractivity contribution in [3.63, 3.8) is 0 Å². The van der Waals surface area contributed by atoms with E-state index in [2.05, 4.69) is 0 Å². The van der Waals surface area contributed by atoms with Crippen molar-refractivity contribution in [3.05, 3.63) is 71.8 Å². The summed E-state index contributed by atoms with van der Waals surface area (Å²) in [7, 11) is 0. The summed E-state index contributed by atoms with van der Waals surface area (Å²) >= 11 is 0. The van der Waals surface area contributed by atoms with Gasteiger partial charge in [-0.2, -0.15) is 0 Å². The average molecular weight is 298 g/mol. The van der Waals surface area contributed by atoms with Gasteiger partial charge in [0.1, 0.15) is 5.78 Å². The van der Waals surface area contributed by atoms with Crippen LogP contribution < -0.4 is 0 Å². The summed E-state index contributed by atoms with van der Waals surface area (Å²) in [6.45, 7) is 2.71. The van der Waals surface area contributed by atoms with Gasteiger partial charge in [-0.15, -0.1) is 0 Å². The normalized spacial score (nSPS) is 13.5. The molecule has 3 nitrogen and oxygen atoms in total. The number of ether oxygens (including phenoxy) is 1. The van der Waals surface area contributed by atoms with Gasteiger partial charge in [0.05, 0.1) is 19.3 Å². The van der Waals surface area contributed by atoms with Gasteiger partial charge in [-0.3, -0.25) is 4.79 Å². The number of hydrogen-bond acceptors (Lipinski definition) is 3. The minimum Gasteiger partial charge on any atom is -0.388 e. The fourth-order valence-corrected chi connectivity index (χ4v) is 2.21. The van der Waals surface area contributed by atoms with Gasteiger partial charge in [0.2, 0.25) is 0 Å². The van der Waals surface area contributed by atoms with Gasteiger partial charge in [-0.05, 0) is 11.1 Å². The maximum atomic E-state index is 12.1. The smallest absolute Gasteiger partial charge is 0.140 e. The molecule has 0 fully saturated rings. The molecule has 2 rings (SSSR count). The van der Waals surface area contributed by atoms with Gasteiger partial charge in [-0.25, -0.2) is 0 Å². The molecule has 0 unspecified atom stereocenters. The average Bonchev–Trinajstić information content (AvgIpc) is 2.56. The van der Waals surface area contributed by atoms with Crippen molar-refractivity contribution >= 4 is 5.78 Å². The van der Waals surface area contributed by atoms with Crippen LogP contribution in [-0.4, -0.2) is 17.5 Å². The number of aliphatic hydroxyl groups is 1. The number of Topliss-reactive ketones (excluding diaryl/α,β-unsaturated/α-hetero) is 1. The molecular weight excluding hydrogens is 276 g/mol. The van der Waals surface area contributed by atoms with E-state index in [0.717, 1.165) is 11.1 Å². The molecule has 0 radical (unpaired) electrons. The molecule has 0 saturated carbocycles. The quantitative estimate of drug-likeness (QED) is 0.811. The number of carbonyl (C=O) groups is 1. The first-order valence-corrected chi connectivity index (χ1v) is 7.54. The Labute approximate surface area is 131 Å². The van der Waals surface area contributed by atoms with Crippen LogP contribution in [0.4, 0.5) is 0 Å². The highest BCUT2D eigenvalue weighted by Gasteiger charge is 2.18. The lowest BCUT2D eigenvalue weighted by molar-refractivity contribution is -0.126. The predicted octanol–water partition coefficient (Wildman–Crippen LogP) is 3.53. The zero-order valence-corrected chi connectivity index (χ0v) is 12.8. The minimum absolute atomic E-state index is 0.0180. The van der Waals surface area contributed by atoms with E-state index in [1.165, 1.54) is 0 Å². The van der Waals surface area contributed by atoms with Crippen LogP contribution in [0.1, 0.15) is 30.6 Å². The van der Waals surface area contributed by atoms with Crippen molar-refractivity contribution in [2.24, 2.45) is 5.92 Å². The lowest BCUT2D eigenvalue weighted by Crippen LogP contribution is -2.19. The summed E-state index contributed by atoms with van der Waals surface area (Å²) in [6, 6.07) is 19.1. The Kier molecular flexibility index (Phi) is 6.31. The Hall–Kier alpha value is -1.97. The summed E-state index contributed by atoms with van der Waals surface area (Å²) in [5, 5.41) is 10.1. The minimum atomic E-state index is -0.745. The number of hydrogen-bond donors (Lipinski definition) is 1. The van der Waals surface area contributed by atoms with Crippen LogP contribution in [0.3, 0.4) is 0 Å². The fourth-order valence-electron chi connectivity index (χ4n) is 2.21. The Balaban J connectivity index is 1.75. The van der Waals surface area contributed by atoms with Gasteiger partial charge in [-0.1, -0.05) is 67.6 Å². The molecular formula is C19H22O3. The number of carbonyl (C=O) groups excluding carboxylic acids is 1. The summed E-state index contributed by atoms with van der Waals surface area (Å²) in [6.07, 6.45) is -0.620. The summed E-state index contributed by atoms with van der Waals surface area (Å²) in [5.74, 6) is -0.202. The van der Waals surface area contributed by atoms with Gasteiger partial charge in [0.25, 0.3) is 0 Å². The lowest BCUT2D eigenvalue weighted by atomic mass is 9.98. The van der Waals surface area contributed by atoms with Crippen molar-refractivity contribution in [2.75, 3.05) is 6.61 Å². The maximum Gasteiger partial charge on any atom is 0.140 e. The molecule has 2 aromatic carbocycles. The predicted molar refractivity (Wildman–Crippen MR) is 86.3 cm³/mol. The standard InChI is InChI=1S/C19H22O3/c1-15(13-22-14-16-8-4-2-5-9-16)18(20)12-19(21)17-10-6-3-7-11-17/h2-11,15,19,21H,12-14H2,1H3/t15-,19+/m0/s1. The molecule has 0 amide bonds. The maximum absolute atomic E-state index is 12.1. The largest absolute Gasteiger partial charge is 0.388 e.